The molecule has 2 heterocycles. The van der Waals surface area contributed by atoms with E-state index < -0.39 is 0 Å². The molecule has 0 radical (unpaired) electrons. The summed E-state index contributed by atoms with van der Waals surface area (Å²) in [6.45, 7) is 2.19. The molecule has 5 nitrogen and oxygen atoms in total. The second kappa shape index (κ2) is 7.07. The first kappa shape index (κ1) is 14.6. The number of aryl methyl sites for hydroxylation is 1. The number of carbonyl (C=O) groups excluding carboxylic acids is 1. The normalized spacial score (nSPS) is 24.3. The van der Waals surface area contributed by atoms with Crippen LogP contribution in [-0.4, -0.2) is 46.2 Å². The molecule has 2 aliphatic rings. The van der Waals surface area contributed by atoms with Crippen LogP contribution < -0.4 is 5.32 Å². The Kier molecular flexibility index (Phi) is 4.91. The molecule has 0 aromatic carbocycles. The number of carbonyl (C=O) groups is 1. The van der Waals surface area contributed by atoms with Gasteiger partial charge >= 0.3 is 0 Å². The van der Waals surface area contributed by atoms with Gasteiger partial charge in [-0.2, -0.15) is 5.10 Å². The number of hydrogen-bond acceptors (Lipinski definition) is 3. The molecular weight excluding hydrogens is 264 g/mol. The van der Waals surface area contributed by atoms with E-state index in [4.69, 9.17) is 0 Å². The Hall–Kier alpha value is -1.36. The molecule has 1 aliphatic heterocycles. The van der Waals surface area contributed by atoms with Gasteiger partial charge in [-0.25, -0.2) is 0 Å². The summed E-state index contributed by atoms with van der Waals surface area (Å²) < 4.78 is 0. The van der Waals surface area contributed by atoms with Crippen molar-refractivity contribution in [2.24, 2.45) is 0 Å². The van der Waals surface area contributed by atoms with Crippen molar-refractivity contribution in [1.82, 2.24) is 20.4 Å². The Morgan fingerprint density at radius 1 is 1.33 bits per heavy atom. The van der Waals surface area contributed by atoms with Crippen LogP contribution in [0.15, 0.2) is 12.4 Å². The van der Waals surface area contributed by atoms with E-state index in [1.807, 2.05) is 6.20 Å². The minimum absolute atomic E-state index is 0.173. The molecule has 1 atom stereocenters. The van der Waals surface area contributed by atoms with Gasteiger partial charge in [0.15, 0.2) is 0 Å². The minimum atomic E-state index is 0.173. The summed E-state index contributed by atoms with van der Waals surface area (Å²) in [6, 6.07) is 1.12. The number of nitrogens with zero attached hydrogens (tertiary/aromatic N) is 2. The molecule has 2 fully saturated rings. The molecule has 0 bridgehead atoms. The largest absolute Gasteiger partial charge is 0.352 e. The first-order valence-corrected chi connectivity index (χ1v) is 8.32. The third-order valence-electron chi connectivity index (χ3n) is 4.87. The lowest BCUT2D eigenvalue weighted by Gasteiger charge is -2.31. The zero-order valence-electron chi connectivity index (χ0n) is 12.7. The highest BCUT2D eigenvalue weighted by molar-refractivity contribution is 5.76. The predicted molar refractivity (Wildman–Crippen MR) is 81.9 cm³/mol. The molecule has 116 valence electrons. The van der Waals surface area contributed by atoms with Crippen LogP contribution in [0.5, 0.6) is 0 Å². The van der Waals surface area contributed by atoms with Gasteiger partial charge in [-0.1, -0.05) is 19.3 Å². The summed E-state index contributed by atoms with van der Waals surface area (Å²) in [5.74, 6) is 0.173. The lowest BCUT2D eigenvalue weighted by Crippen LogP contribution is -2.40. The van der Waals surface area contributed by atoms with Crippen molar-refractivity contribution in [2.75, 3.05) is 13.1 Å². The Labute approximate surface area is 126 Å². The first-order chi connectivity index (χ1) is 10.3. The maximum absolute atomic E-state index is 12.0. The molecule has 1 saturated heterocycles. The fraction of sp³-hybridized carbons (Fsp3) is 0.750. The summed E-state index contributed by atoms with van der Waals surface area (Å²) in [5, 5.41) is 9.88. The van der Waals surface area contributed by atoms with Gasteiger partial charge in [-0.15, -0.1) is 0 Å². The van der Waals surface area contributed by atoms with E-state index >= 15 is 0 Å². The SMILES string of the molecule is O=C(CCc1cn[nH]c1)NC1CCN(C2CCCCC2)C1. The number of aromatic amines is 1. The van der Waals surface area contributed by atoms with Crippen molar-refractivity contribution in [2.45, 2.75) is 63.5 Å². The maximum atomic E-state index is 12.0. The number of rotatable bonds is 5. The van der Waals surface area contributed by atoms with E-state index in [1.54, 1.807) is 6.20 Å². The summed E-state index contributed by atoms with van der Waals surface area (Å²) in [4.78, 5) is 14.6. The third kappa shape index (κ3) is 4.06. The predicted octanol–water partition coefficient (Wildman–Crippen LogP) is 1.87. The second-order valence-electron chi connectivity index (χ2n) is 6.45. The van der Waals surface area contributed by atoms with Crippen LogP contribution in [0.3, 0.4) is 0 Å². The highest BCUT2D eigenvalue weighted by atomic mass is 16.1. The number of amides is 1. The van der Waals surface area contributed by atoms with E-state index in [9.17, 15) is 4.79 Å². The summed E-state index contributed by atoms with van der Waals surface area (Å²) in [6.07, 6.45) is 12.9. The fourth-order valence-electron chi connectivity index (χ4n) is 3.66. The fourth-order valence-corrected chi connectivity index (χ4v) is 3.66. The van der Waals surface area contributed by atoms with Crippen molar-refractivity contribution in [1.29, 1.82) is 0 Å². The van der Waals surface area contributed by atoms with Crippen molar-refractivity contribution >= 4 is 5.91 Å². The molecule has 1 aromatic rings. The van der Waals surface area contributed by atoms with E-state index in [0.29, 0.717) is 12.5 Å². The number of H-pyrrole nitrogens is 1. The molecule has 1 aromatic heterocycles. The molecule has 5 heteroatoms. The summed E-state index contributed by atoms with van der Waals surface area (Å²) in [7, 11) is 0. The maximum Gasteiger partial charge on any atom is 0.220 e. The number of hydrogen-bond donors (Lipinski definition) is 2. The zero-order chi connectivity index (χ0) is 14.5. The Morgan fingerprint density at radius 2 is 2.19 bits per heavy atom. The highest BCUT2D eigenvalue weighted by Gasteiger charge is 2.29. The molecular formula is C16H26N4O. The van der Waals surface area contributed by atoms with Gasteiger partial charge in [0.25, 0.3) is 0 Å². The van der Waals surface area contributed by atoms with Crippen LogP contribution in [0.2, 0.25) is 0 Å². The standard InChI is InChI=1S/C16H26N4O/c21-16(7-6-13-10-17-18-11-13)19-14-8-9-20(12-14)15-4-2-1-3-5-15/h10-11,14-15H,1-9,12H2,(H,17,18)(H,19,21). The van der Waals surface area contributed by atoms with Crippen molar-refractivity contribution in [3.63, 3.8) is 0 Å². The van der Waals surface area contributed by atoms with Crippen molar-refractivity contribution in [3.05, 3.63) is 18.0 Å². The Bertz CT molecular complexity index is 439. The molecule has 0 spiro atoms. The number of aromatic nitrogens is 2. The van der Waals surface area contributed by atoms with E-state index in [0.717, 1.165) is 37.5 Å². The summed E-state index contributed by atoms with van der Waals surface area (Å²) >= 11 is 0. The lowest BCUT2D eigenvalue weighted by atomic mass is 9.94. The van der Waals surface area contributed by atoms with E-state index in [-0.39, 0.29) is 5.91 Å². The van der Waals surface area contributed by atoms with Gasteiger partial charge in [-0.05, 0) is 31.2 Å². The Balaban J connectivity index is 1.38. The van der Waals surface area contributed by atoms with E-state index in [1.165, 1.54) is 32.1 Å². The summed E-state index contributed by atoms with van der Waals surface area (Å²) in [5.41, 5.74) is 1.10. The molecule has 1 saturated carbocycles. The topological polar surface area (TPSA) is 61.0 Å². The quantitative estimate of drug-likeness (QED) is 0.870. The minimum Gasteiger partial charge on any atom is -0.352 e. The average Bonchev–Trinajstić information content (AvgIpc) is 3.17. The second-order valence-corrected chi connectivity index (χ2v) is 6.45. The molecule has 1 aliphatic carbocycles. The zero-order valence-corrected chi connectivity index (χ0v) is 12.7. The highest BCUT2D eigenvalue weighted by Crippen LogP contribution is 2.25. The van der Waals surface area contributed by atoms with Crippen LogP contribution in [0.1, 0.15) is 50.5 Å². The van der Waals surface area contributed by atoms with Gasteiger partial charge < -0.3 is 5.32 Å². The number of likely N-dealkylation sites (tertiary alicyclic amines) is 1. The van der Waals surface area contributed by atoms with Crippen LogP contribution in [0.25, 0.3) is 0 Å². The molecule has 2 N–H and O–H groups in total. The lowest BCUT2D eigenvalue weighted by molar-refractivity contribution is -0.121. The van der Waals surface area contributed by atoms with Gasteiger partial charge in [0.05, 0.1) is 6.20 Å². The van der Waals surface area contributed by atoms with Crippen LogP contribution in [0, 0.1) is 0 Å². The van der Waals surface area contributed by atoms with Gasteiger partial charge in [0.1, 0.15) is 0 Å². The monoisotopic (exact) mass is 290 g/mol. The van der Waals surface area contributed by atoms with Crippen LogP contribution >= 0.6 is 0 Å². The van der Waals surface area contributed by atoms with Crippen molar-refractivity contribution < 1.29 is 4.79 Å². The number of nitrogens with one attached hydrogen (secondary N) is 2. The van der Waals surface area contributed by atoms with Crippen LogP contribution in [-0.2, 0) is 11.2 Å². The van der Waals surface area contributed by atoms with Gasteiger partial charge in [-0.3, -0.25) is 14.8 Å². The molecule has 21 heavy (non-hydrogen) atoms. The third-order valence-corrected chi connectivity index (χ3v) is 4.87. The van der Waals surface area contributed by atoms with Crippen molar-refractivity contribution in [3.8, 4) is 0 Å². The first-order valence-electron chi connectivity index (χ1n) is 8.32. The smallest absolute Gasteiger partial charge is 0.220 e. The molecule has 1 unspecified atom stereocenters. The molecule has 3 rings (SSSR count). The van der Waals surface area contributed by atoms with Crippen LogP contribution in [0.4, 0.5) is 0 Å². The average molecular weight is 290 g/mol. The van der Waals surface area contributed by atoms with E-state index in [2.05, 4.69) is 20.4 Å². The van der Waals surface area contributed by atoms with Gasteiger partial charge in [0.2, 0.25) is 5.91 Å². The molecule has 1 amide bonds. The van der Waals surface area contributed by atoms with Gasteiger partial charge in [0, 0.05) is 37.8 Å². The Morgan fingerprint density at radius 3 is 2.95 bits per heavy atom.